The molecule has 1 aromatic heterocycles. The lowest BCUT2D eigenvalue weighted by molar-refractivity contribution is 0.638. The van der Waals surface area contributed by atoms with E-state index in [1.807, 2.05) is 0 Å². The molecule has 1 heterocycles. The first-order valence-electron chi connectivity index (χ1n) is 5.23. The molecule has 0 unspecified atom stereocenters. The molecule has 14 heavy (non-hydrogen) atoms. The highest BCUT2D eigenvalue weighted by Gasteiger charge is 1.89. The largest absolute Gasteiger partial charge is 0.139 e. The minimum atomic E-state index is 1.32. The van der Waals surface area contributed by atoms with Gasteiger partial charge in [-0.25, -0.2) is 0 Å². The predicted octanol–water partition coefficient (Wildman–Crippen LogP) is 2.77. The van der Waals surface area contributed by atoms with Crippen LogP contribution in [0.4, 0.5) is 0 Å². The van der Waals surface area contributed by atoms with Crippen LogP contribution in [0.25, 0.3) is 0 Å². The average Bonchev–Trinajstić information content (AvgIpc) is 2.20. The predicted molar refractivity (Wildman–Crippen MR) is 56.7 cm³/mol. The van der Waals surface area contributed by atoms with Crippen molar-refractivity contribution in [3.63, 3.8) is 0 Å². The van der Waals surface area contributed by atoms with E-state index in [0.29, 0.717) is 0 Å². The summed E-state index contributed by atoms with van der Waals surface area (Å²) in [6.45, 7) is 0. The van der Waals surface area contributed by atoms with Crippen LogP contribution in [0.15, 0.2) is 30.6 Å². The molecule has 1 aromatic rings. The maximum Gasteiger partial charge on any atom is 0.0529 e. The normalized spacial score (nSPS) is 16.0. The third-order valence-electron chi connectivity index (χ3n) is 2.07. The molecule has 0 fully saturated rings. The molecule has 0 atom stereocenters. The molecule has 0 saturated carbocycles. The van der Waals surface area contributed by atoms with Gasteiger partial charge >= 0.3 is 0 Å². The highest BCUT2D eigenvalue weighted by atomic mass is 15.3. The topological polar surface area (TPSA) is 38.7 Å². The molecule has 0 N–H and O–H groups in total. The first-order chi connectivity index (χ1) is 7.00. The van der Waals surface area contributed by atoms with Crippen molar-refractivity contribution in [1.29, 1.82) is 0 Å². The van der Waals surface area contributed by atoms with Crippen LogP contribution in [0.5, 0.6) is 0 Å². The van der Waals surface area contributed by atoms with Gasteiger partial charge in [0.1, 0.15) is 0 Å². The van der Waals surface area contributed by atoms with Gasteiger partial charge in [0.25, 0.3) is 0 Å². The van der Waals surface area contributed by atoms with Crippen LogP contribution >= 0.6 is 0 Å². The Hall–Kier alpha value is -1.25. The number of aromatic nitrogens is 3. The zero-order valence-corrected chi connectivity index (χ0v) is 8.47. The van der Waals surface area contributed by atoms with Crippen molar-refractivity contribution in [2.24, 2.45) is 0 Å². The highest BCUT2D eigenvalue weighted by molar-refractivity contribution is 4.82. The number of nitrogens with zero attached hydrogens (tertiary/aromatic N) is 3. The Bertz CT molecular complexity index is 197. The lowest BCUT2D eigenvalue weighted by Gasteiger charge is -2.00. The smallest absolute Gasteiger partial charge is 0.0529 e. The van der Waals surface area contributed by atoms with E-state index in [4.69, 9.17) is 0 Å². The molecule has 0 amide bonds. The van der Waals surface area contributed by atoms with Gasteiger partial charge in [0.15, 0.2) is 0 Å². The molecule has 0 aliphatic heterocycles. The first-order valence-corrected chi connectivity index (χ1v) is 5.23. The van der Waals surface area contributed by atoms with Gasteiger partial charge in [0, 0.05) is 0 Å². The van der Waals surface area contributed by atoms with E-state index in [1.54, 1.807) is 18.5 Å². The van der Waals surface area contributed by atoms with Crippen LogP contribution < -0.4 is 0 Å². The number of rotatable bonds is 0. The van der Waals surface area contributed by atoms with Crippen LogP contribution in [0.3, 0.4) is 0 Å². The van der Waals surface area contributed by atoms with Crippen molar-refractivity contribution in [1.82, 2.24) is 15.4 Å². The Balaban J connectivity index is 0.000000146. The fourth-order valence-corrected chi connectivity index (χ4v) is 1.32. The van der Waals surface area contributed by atoms with E-state index < -0.39 is 0 Å². The van der Waals surface area contributed by atoms with Gasteiger partial charge in [-0.15, -0.1) is 10.2 Å². The monoisotopic (exact) mass is 191 g/mol. The second kappa shape index (κ2) is 8.35. The molecule has 0 saturated heterocycles. The second-order valence-corrected chi connectivity index (χ2v) is 3.27. The summed E-state index contributed by atoms with van der Waals surface area (Å²) in [4.78, 5) is 0. The molecule has 1 aliphatic carbocycles. The first kappa shape index (κ1) is 10.8. The zero-order chi connectivity index (χ0) is 9.90. The molecular formula is C11H17N3. The Morgan fingerprint density at radius 1 is 0.714 bits per heavy atom. The second-order valence-electron chi connectivity index (χ2n) is 3.27. The van der Waals surface area contributed by atoms with Crippen molar-refractivity contribution >= 4 is 0 Å². The molecule has 0 radical (unpaired) electrons. The summed E-state index contributed by atoms with van der Waals surface area (Å²) >= 11 is 0. The number of allylic oxidation sites excluding steroid dienone is 2. The SMILES string of the molecule is C1=CCCCCCC1.c1cnnnc1. The van der Waals surface area contributed by atoms with Crippen LogP contribution in [0.1, 0.15) is 38.5 Å². The van der Waals surface area contributed by atoms with E-state index in [0.717, 1.165) is 0 Å². The van der Waals surface area contributed by atoms with E-state index in [9.17, 15) is 0 Å². The molecule has 0 bridgehead atoms. The summed E-state index contributed by atoms with van der Waals surface area (Å²) in [6.07, 6.45) is 16.2. The quantitative estimate of drug-likeness (QED) is 0.592. The minimum Gasteiger partial charge on any atom is -0.139 e. The van der Waals surface area contributed by atoms with Gasteiger partial charge < -0.3 is 0 Å². The van der Waals surface area contributed by atoms with E-state index in [2.05, 4.69) is 27.6 Å². The van der Waals surface area contributed by atoms with Crippen molar-refractivity contribution in [2.75, 3.05) is 0 Å². The van der Waals surface area contributed by atoms with Crippen LogP contribution in [0.2, 0.25) is 0 Å². The van der Waals surface area contributed by atoms with Gasteiger partial charge in [-0.1, -0.05) is 25.0 Å². The van der Waals surface area contributed by atoms with Gasteiger partial charge in [0.2, 0.25) is 0 Å². The van der Waals surface area contributed by atoms with E-state index in [1.165, 1.54) is 38.5 Å². The molecule has 3 nitrogen and oxygen atoms in total. The molecule has 0 spiro atoms. The van der Waals surface area contributed by atoms with Crippen molar-refractivity contribution in [2.45, 2.75) is 38.5 Å². The Morgan fingerprint density at radius 3 is 1.64 bits per heavy atom. The molecule has 2 rings (SSSR count). The van der Waals surface area contributed by atoms with Crippen LogP contribution in [-0.4, -0.2) is 15.4 Å². The van der Waals surface area contributed by atoms with Crippen molar-refractivity contribution in [3.8, 4) is 0 Å². The fraction of sp³-hybridized carbons (Fsp3) is 0.545. The highest BCUT2D eigenvalue weighted by Crippen LogP contribution is 2.09. The van der Waals surface area contributed by atoms with Gasteiger partial charge in [-0.05, 0) is 37.0 Å². The summed E-state index contributed by atoms with van der Waals surface area (Å²) in [6, 6.07) is 1.72. The Kier molecular flexibility index (Phi) is 6.46. The standard InChI is InChI=1S/C8H14.C3H3N3/c1-2-4-6-8-7-5-3-1;1-2-4-6-5-3-1/h1-2H,3-8H2;1-3H. The summed E-state index contributed by atoms with van der Waals surface area (Å²) in [7, 11) is 0. The fourth-order valence-electron chi connectivity index (χ4n) is 1.32. The van der Waals surface area contributed by atoms with Crippen LogP contribution in [0, 0.1) is 0 Å². The Labute approximate surface area is 85.3 Å². The summed E-state index contributed by atoms with van der Waals surface area (Å²) < 4.78 is 0. The third kappa shape index (κ3) is 6.29. The molecular weight excluding hydrogens is 174 g/mol. The lowest BCUT2D eigenvalue weighted by Crippen LogP contribution is -1.80. The average molecular weight is 191 g/mol. The van der Waals surface area contributed by atoms with Crippen molar-refractivity contribution in [3.05, 3.63) is 30.6 Å². The zero-order valence-electron chi connectivity index (χ0n) is 8.47. The summed E-state index contributed by atoms with van der Waals surface area (Å²) in [5.41, 5.74) is 0. The summed E-state index contributed by atoms with van der Waals surface area (Å²) in [5, 5.41) is 10.1. The van der Waals surface area contributed by atoms with Gasteiger partial charge in [-0.3, -0.25) is 0 Å². The maximum atomic E-state index is 3.42. The third-order valence-corrected chi connectivity index (χ3v) is 2.07. The van der Waals surface area contributed by atoms with Crippen LogP contribution in [-0.2, 0) is 0 Å². The molecule has 3 heteroatoms. The lowest BCUT2D eigenvalue weighted by atomic mass is 10.1. The maximum absolute atomic E-state index is 3.42. The number of hydrogen-bond donors (Lipinski definition) is 0. The Morgan fingerprint density at radius 2 is 1.29 bits per heavy atom. The van der Waals surface area contributed by atoms with Gasteiger partial charge in [-0.2, -0.15) is 0 Å². The molecule has 0 aromatic carbocycles. The minimum absolute atomic E-state index is 1.32. The number of hydrogen-bond acceptors (Lipinski definition) is 3. The van der Waals surface area contributed by atoms with Crippen molar-refractivity contribution < 1.29 is 0 Å². The van der Waals surface area contributed by atoms with Gasteiger partial charge in [0.05, 0.1) is 12.4 Å². The van der Waals surface area contributed by atoms with E-state index >= 15 is 0 Å². The molecule has 1 aliphatic rings. The molecule has 76 valence electrons. The van der Waals surface area contributed by atoms with E-state index in [-0.39, 0.29) is 0 Å². The summed E-state index contributed by atoms with van der Waals surface area (Å²) in [5.74, 6) is 0.